The molecule has 0 aromatic heterocycles. The molecule has 5 nitrogen and oxygen atoms in total. The highest BCUT2D eigenvalue weighted by atomic mass is 16.5. The van der Waals surface area contributed by atoms with Gasteiger partial charge in [0.25, 0.3) is 0 Å². The van der Waals surface area contributed by atoms with Gasteiger partial charge in [-0.3, -0.25) is 4.99 Å². The number of aromatic hydroxyl groups is 1. The summed E-state index contributed by atoms with van der Waals surface area (Å²) in [6.45, 7) is 1.30. The molecule has 0 aliphatic carbocycles. The van der Waals surface area contributed by atoms with Crippen LogP contribution in [-0.4, -0.2) is 31.5 Å². The number of phenolic OH excluding ortho intramolecular Hbond substituents is 1. The molecule has 0 saturated heterocycles. The zero-order valence-electron chi connectivity index (χ0n) is 15.1. The first-order valence-corrected chi connectivity index (χ1v) is 8.80. The zero-order chi connectivity index (χ0) is 18.8. The summed E-state index contributed by atoms with van der Waals surface area (Å²) in [5.74, 6) is 0.883. The van der Waals surface area contributed by atoms with Crippen molar-refractivity contribution in [2.24, 2.45) is 4.99 Å². The van der Waals surface area contributed by atoms with Crippen LogP contribution in [-0.2, 0) is 0 Å². The van der Waals surface area contributed by atoms with Crippen molar-refractivity contribution >= 4 is 23.3 Å². The van der Waals surface area contributed by atoms with E-state index >= 15 is 0 Å². The van der Waals surface area contributed by atoms with Crippen LogP contribution in [0.2, 0.25) is 0 Å². The van der Waals surface area contributed by atoms with E-state index in [9.17, 15) is 5.11 Å². The number of para-hydroxylation sites is 1. The number of rotatable bonds is 3. The van der Waals surface area contributed by atoms with E-state index in [1.165, 1.54) is 0 Å². The number of aliphatic imine (C=N–C) groups is 1. The Bertz CT molecular complexity index is 997. The maximum absolute atomic E-state index is 10.7. The molecule has 0 amide bonds. The fraction of sp³-hybridized carbons (Fsp3) is 0.136. The summed E-state index contributed by atoms with van der Waals surface area (Å²) >= 11 is 0. The molecule has 1 heterocycles. The second kappa shape index (κ2) is 7.03. The third kappa shape index (κ3) is 3.19. The predicted octanol–water partition coefficient (Wildman–Crippen LogP) is 4.22. The van der Waals surface area contributed by atoms with Gasteiger partial charge < -0.3 is 20.5 Å². The maximum atomic E-state index is 10.7. The van der Waals surface area contributed by atoms with Gasteiger partial charge in [-0.05, 0) is 41.5 Å². The van der Waals surface area contributed by atoms with Gasteiger partial charge in [-0.2, -0.15) is 0 Å². The minimum atomic E-state index is 0.0870. The summed E-state index contributed by atoms with van der Waals surface area (Å²) in [5, 5.41) is 10.7. The number of hydrogen-bond donors (Lipinski definition) is 2. The van der Waals surface area contributed by atoms with Gasteiger partial charge in [0, 0.05) is 18.3 Å². The molecule has 0 atom stereocenters. The highest BCUT2D eigenvalue weighted by Crippen LogP contribution is 2.42. The van der Waals surface area contributed by atoms with Crippen LogP contribution in [0.3, 0.4) is 0 Å². The summed E-state index contributed by atoms with van der Waals surface area (Å²) in [4.78, 5) is 6.52. The topological polar surface area (TPSA) is 71.1 Å². The van der Waals surface area contributed by atoms with E-state index in [0.717, 1.165) is 28.1 Å². The van der Waals surface area contributed by atoms with Gasteiger partial charge in [-0.15, -0.1) is 0 Å². The zero-order valence-corrected chi connectivity index (χ0v) is 15.1. The molecule has 136 valence electrons. The molecule has 0 fully saturated rings. The van der Waals surface area contributed by atoms with Gasteiger partial charge in [0.15, 0.2) is 5.75 Å². The van der Waals surface area contributed by atoms with Gasteiger partial charge in [-0.25, -0.2) is 0 Å². The standard InChI is InChI=1S/C22H21N3O2/c1-27-18-8-6-15(7-9-18)17-12-19(23)22(26)21(13-17)25-11-10-24-14-16-4-2-3-5-20(16)25/h2-9,12-14,26H,10-11,23H2,1H3. The summed E-state index contributed by atoms with van der Waals surface area (Å²) in [6.07, 6.45) is 1.88. The summed E-state index contributed by atoms with van der Waals surface area (Å²) in [6, 6.07) is 19.6. The molecule has 3 aromatic rings. The van der Waals surface area contributed by atoms with Crippen molar-refractivity contribution in [3.8, 4) is 22.6 Å². The summed E-state index contributed by atoms with van der Waals surface area (Å²) in [7, 11) is 1.64. The quantitative estimate of drug-likeness (QED) is 0.542. The van der Waals surface area contributed by atoms with Crippen molar-refractivity contribution in [1.29, 1.82) is 0 Å². The van der Waals surface area contributed by atoms with Gasteiger partial charge in [-0.1, -0.05) is 30.3 Å². The number of benzene rings is 3. The maximum Gasteiger partial charge on any atom is 0.162 e. The van der Waals surface area contributed by atoms with Gasteiger partial charge in [0.2, 0.25) is 0 Å². The molecular formula is C22H21N3O2. The fourth-order valence-corrected chi connectivity index (χ4v) is 3.33. The van der Waals surface area contributed by atoms with Crippen molar-refractivity contribution in [3.05, 3.63) is 66.2 Å². The molecular weight excluding hydrogens is 338 g/mol. The van der Waals surface area contributed by atoms with Crippen LogP contribution in [0, 0.1) is 0 Å². The number of fused-ring (bicyclic) bond motifs is 1. The SMILES string of the molecule is COc1ccc(-c2cc(N)c(O)c(N3CCN=Cc4ccccc43)c2)cc1. The molecule has 0 radical (unpaired) electrons. The number of ether oxygens (including phenoxy) is 1. The molecule has 5 heteroatoms. The largest absolute Gasteiger partial charge is 0.504 e. The highest BCUT2D eigenvalue weighted by molar-refractivity contribution is 5.92. The number of nitrogens with two attached hydrogens (primary N) is 1. The molecule has 3 N–H and O–H groups in total. The molecule has 4 rings (SSSR count). The normalized spacial score (nSPS) is 13.1. The minimum Gasteiger partial charge on any atom is -0.504 e. The minimum absolute atomic E-state index is 0.0870. The Morgan fingerprint density at radius 1 is 1.00 bits per heavy atom. The monoisotopic (exact) mass is 359 g/mol. The van der Waals surface area contributed by atoms with E-state index in [1.807, 2.05) is 60.8 Å². The smallest absolute Gasteiger partial charge is 0.162 e. The van der Waals surface area contributed by atoms with E-state index < -0.39 is 0 Å². The van der Waals surface area contributed by atoms with Crippen molar-refractivity contribution < 1.29 is 9.84 Å². The second-order valence-corrected chi connectivity index (χ2v) is 6.41. The van der Waals surface area contributed by atoms with Crippen LogP contribution in [0.4, 0.5) is 17.1 Å². The number of hydrogen-bond acceptors (Lipinski definition) is 5. The predicted molar refractivity (Wildman–Crippen MR) is 110 cm³/mol. The van der Waals surface area contributed by atoms with Crippen LogP contribution < -0.4 is 15.4 Å². The lowest BCUT2D eigenvalue weighted by molar-refractivity contribution is 0.415. The summed E-state index contributed by atoms with van der Waals surface area (Å²) in [5.41, 5.74) is 11.1. The lowest BCUT2D eigenvalue weighted by atomic mass is 10.0. The second-order valence-electron chi connectivity index (χ2n) is 6.41. The van der Waals surface area contributed by atoms with Crippen LogP contribution in [0.25, 0.3) is 11.1 Å². The first-order chi connectivity index (χ1) is 13.2. The molecule has 1 aliphatic heterocycles. The van der Waals surface area contributed by atoms with E-state index in [0.29, 0.717) is 24.5 Å². The van der Waals surface area contributed by atoms with Crippen LogP contribution in [0.5, 0.6) is 11.5 Å². The molecule has 27 heavy (non-hydrogen) atoms. The van der Waals surface area contributed by atoms with Gasteiger partial charge >= 0.3 is 0 Å². The Kier molecular flexibility index (Phi) is 4.42. The summed E-state index contributed by atoms with van der Waals surface area (Å²) < 4.78 is 5.23. The first-order valence-electron chi connectivity index (χ1n) is 8.80. The van der Waals surface area contributed by atoms with Crippen LogP contribution in [0.1, 0.15) is 5.56 Å². The van der Waals surface area contributed by atoms with Crippen LogP contribution >= 0.6 is 0 Å². The van der Waals surface area contributed by atoms with Gasteiger partial charge in [0.1, 0.15) is 5.75 Å². The lowest BCUT2D eigenvalue weighted by Crippen LogP contribution is -2.20. The Balaban J connectivity index is 1.82. The number of anilines is 3. The van der Waals surface area contributed by atoms with Crippen molar-refractivity contribution in [2.45, 2.75) is 0 Å². The average Bonchev–Trinajstić information content (AvgIpc) is 2.92. The fourth-order valence-electron chi connectivity index (χ4n) is 3.33. The van der Waals surface area contributed by atoms with E-state index in [2.05, 4.69) is 9.89 Å². The first kappa shape index (κ1) is 17.0. The van der Waals surface area contributed by atoms with Gasteiger partial charge in [0.05, 0.1) is 30.7 Å². The Labute approximate surface area is 158 Å². The number of nitrogens with zero attached hydrogens (tertiary/aromatic N) is 2. The number of phenols is 1. The lowest BCUT2D eigenvalue weighted by Gasteiger charge is -2.26. The van der Waals surface area contributed by atoms with Crippen molar-refractivity contribution in [3.63, 3.8) is 0 Å². The average molecular weight is 359 g/mol. The van der Waals surface area contributed by atoms with E-state index in [-0.39, 0.29) is 5.75 Å². The highest BCUT2D eigenvalue weighted by Gasteiger charge is 2.20. The molecule has 3 aromatic carbocycles. The molecule has 0 bridgehead atoms. The Morgan fingerprint density at radius 3 is 2.56 bits per heavy atom. The molecule has 1 aliphatic rings. The molecule has 0 spiro atoms. The molecule has 0 saturated carbocycles. The van der Waals surface area contributed by atoms with Crippen molar-refractivity contribution in [1.82, 2.24) is 0 Å². The molecule has 0 unspecified atom stereocenters. The number of nitrogen functional groups attached to an aromatic ring is 1. The van der Waals surface area contributed by atoms with E-state index in [4.69, 9.17) is 10.5 Å². The van der Waals surface area contributed by atoms with Crippen molar-refractivity contribution in [2.75, 3.05) is 30.8 Å². The third-order valence-corrected chi connectivity index (χ3v) is 4.74. The Hall–Kier alpha value is -3.47. The Morgan fingerprint density at radius 2 is 1.78 bits per heavy atom. The van der Waals surface area contributed by atoms with E-state index in [1.54, 1.807) is 13.2 Å². The number of methoxy groups -OCH3 is 1. The van der Waals surface area contributed by atoms with Crippen LogP contribution in [0.15, 0.2) is 65.7 Å². The number of benzodiazepines with no additional fused rings is 1. The third-order valence-electron chi connectivity index (χ3n) is 4.74.